The normalized spacial score (nSPS) is 15.0. The zero-order valence-electron chi connectivity index (χ0n) is 14.1. The van der Waals surface area contributed by atoms with E-state index in [0.29, 0.717) is 27.4 Å². The van der Waals surface area contributed by atoms with Crippen LogP contribution in [0.15, 0.2) is 41.4 Å². The summed E-state index contributed by atoms with van der Waals surface area (Å²) in [6, 6.07) is 8.85. The van der Waals surface area contributed by atoms with Gasteiger partial charge in [0.05, 0.1) is 12.1 Å². The number of rotatable bonds is 5. The average Bonchev–Trinajstić information content (AvgIpc) is 2.64. The van der Waals surface area contributed by atoms with Crippen LogP contribution in [0.25, 0.3) is 0 Å². The number of carbonyl (C=O) groups is 1. The highest BCUT2D eigenvalue weighted by Gasteiger charge is 2.17. The second kappa shape index (κ2) is 8.59. The molecule has 1 saturated carbocycles. The number of pyridine rings is 1. The molecule has 0 spiro atoms. The van der Waals surface area contributed by atoms with E-state index in [1.165, 1.54) is 32.1 Å². The van der Waals surface area contributed by atoms with Crippen molar-refractivity contribution in [2.45, 2.75) is 42.2 Å². The first kappa shape index (κ1) is 18.1. The van der Waals surface area contributed by atoms with Gasteiger partial charge in [-0.2, -0.15) is 0 Å². The molecule has 0 radical (unpaired) electrons. The van der Waals surface area contributed by atoms with Gasteiger partial charge in [-0.1, -0.05) is 30.9 Å². The van der Waals surface area contributed by atoms with Gasteiger partial charge in [0.15, 0.2) is 0 Å². The average molecular weight is 377 g/mol. The molecular formula is C19H21ClN2O2S. The van der Waals surface area contributed by atoms with Crippen molar-refractivity contribution in [3.05, 3.63) is 47.1 Å². The number of hydrogen-bond donors (Lipinski definition) is 1. The Balaban J connectivity index is 1.72. The number of carbonyl (C=O) groups excluding carboxylic acids is 1. The number of hydrogen-bond acceptors (Lipinski definition) is 4. The highest BCUT2D eigenvalue weighted by atomic mass is 35.5. The molecule has 3 rings (SSSR count). The van der Waals surface area contributed by atoms with E-state index in [4.69, 9.17) is 16.3 Å². The van der Waals surface area contributed by atoms with E-state index in [-0.39, 0.29) is 5.91 Å². The van der Waals surface area contributed by atoms with Crippen molar-refractivity contribution in [2.24, 2.45) is 0 Å². The highest BCUT2D eigenvalue weighted by Crippen LogP contribution is 2.37. The van der Waals surface area contributed by atoms with E-state index < -0.39 is 0 Å². The lowest BCUT2D eigenvalue weighted by Crippen LogP contribution is -2.12. The van der Waals surface area contributed by atoms with E-state index in [9.17, 15) is 4.79 Å². The van der Waals surface area contributed by atoms with Crippen LogP contribution in [0.3, 0.4) is 0 Å². The Hall–Kier alpha value is -1.72. The number of halogens is 1. The van der Waals surface area contributed by atoms with Gasteiger partial charge < -0.3 is 10.1 Å². The van der Waals surface area contributed by atoms with Crippen LogP contribution in [0.5, 0.6) is 5.88 Å². The molecule has 0 unspecified atom stereocenters. The lowest BCUT2D eigenvalue weighted by Gasteiger charge is -2.21. The maximum absolute atomic E-state index is 12.5. The smallest absolute Gasteiger partial charge is 0.255 e. The molecule has 1 aromatic heterocycles. The number of thioether (sulfide) groups is 1. The number of anilines is 1. The van der Waals surface area contributed by atoms with Gasteiger partial charge in [-0.3, -0.25) is 4.79 Å². The SMILES string of the molecule is COc1cc(NC(=O)c2ccc(Cl)c(SC3CCCCC3)c2)ccn1. The van der Waals surface area contributed by atoms with Gasteiger partial charge in [-0.05, 0) is 37.1 Å². The first-order valence-electron chi connectivity index (χ1n) is 8.43. The van der Waals surface area contributed by atoms with Crippen LogP contribution in [-0.2, 0) is 0 Å². The van der Waals surface area contributed by atoms with Crippen molar-refractivity contribution < 1.29 is 9.53 Å². The first-order valence-corrected chi connectivity index (χ1v) is 9.69. The van der Waals surface area contributed by atoms with Crippen molar-refractivity contribution in [3.63, 3.8) is 0 Å². The molecule has 0 atom stereocenters. The number of nitrogens with one attached hydrogen (secondary N) is 1. The van der Waals surface area contributed by atoms with Crippen LogP contribution in [0, 0.1) is 0 Å². The molecule has 1 heterocycles. The molecule has 1 aliphatic rings. The molecule has 2 aromatic rings. The largest absolute Gasteiger partial charge is 0.481 e. The molecule has 6 heteroatoms. The Morgan fingerprint density at radius 3 is 2.80 bits per heavy atom. The third-order valence-corrected chi connectivity index (χ3v) is 6.08. The number of amides is 1. The molecule has 1 aromatic carbocycles. The number of methoxy groups -OCH3 is 1. The molecule has 25 heavy (non-hydrogen) atoms. The molecule has 1 aliphatic carbocycles. The molecule has 1 N–H and O–H groups in total. The summed E-state index contributed by atoms with van der Waals surface area (Å²) in [4.78, 5) is 17.6. The van der Waals surface area contributed by atoms with Crippen molar-refractivity contribution in [1.29, 1.82) is 0 Å². The third kappa shape index (κ3) is 4.89. The Morgan fingerprint density at radius 1 is 1.24 bits per heavy atom. The summed E-state index contributed by atoms with van der Waals surface area (Å²) in [5.41, 5.74) is 1.24. The minimum Gasteiger partial charge on any atom is -0.481 e. The molecule has 4 nitrogen and oxygen atoms in total. The fourth-order valence-electron chi connectivity index (χ4n) is 2.90. The van der Waals surface area contributed by atoms with Gasteiger partial charge in [0, 0.05) is 33.7 Å². The summed E-state index contributed by atoms with van der Waals surface area (Å²) >= 11 is 8.14. The van der Waals surface area contributed by atoms with Crippen molar-refractivity contribution in [3.8, 4) is 5.88 Å². The van der Waals surface area contributed by atoms with Gasteiger partial charge >= 0.3 is 0 Å². The summed E-state index contributed by atoms with van der Waals surface area (Å²) in [6.45, 7) is 0. The molecule has 132 valence electrons. The van der Waals surface area contributed by atoms with Gasteiger partial charge in [0.2, 0.25) is 5.88 Å². The Labute approximate surface area is 157 Å². The Morgan fingerprint density at radius 2 is 2.04 bits per heavy atom. The van der Waals surface area contributed by atoms with E-state index in [0.717, 1.165) is 4.90 Å². The van der Waals surface area contributed by atoms with E-state index in [2.05, 4.69) is 10.3 Å². The predicted molar refractivity (Wildman–Crippen MR) is 103 cm³/mol. The summed E-state index contributed by atoms with van der Waals surface area (Å²) in [5.74, 6) is 0.290. The third-order valence-electron chi connectivity index (χ3n) is 4.24. The van der Waals surface area contributed by atoms with E-state index in [1.54, 1.807) is 49.3 Å². The molecule has 0 bridgehead atoms. The topological polar surface area (TPSA) is 51.2 Å². The van der Waals surface area contributed by atoms with Crippen LogP contribution in [0.1, 0.15) is 42.5 Å². The molecular weight excluding hydrogens is 356 g/mol. The summed E-state index contributed by atoms with van der Waals surface area (Å²) in [5, 5.41) is 4.17. The van der Waals surface area contributed by atoms with Gasteiger partial charge in [0.25, 0.3) is 5.91 Å². The minimum absolute atomic E-state index is 0.171. The molecule has 1 amide bonds. The minimum atomic E-state index is -0.171. The van der Waals surface area contributed by atoms with Crippen LogP contribution < -0.4 is 10.1 Å². The van der Waals surface area contributed by atoms with Gasteiger partial charge in [-0.15, -0.1) is 11.8 Å². The maximum atomic E-state index is 12.5. The van der Waals surface area contributed by atoms with E-state index >= 15 is 0 Å². The van der Waals surface area contributed by atoms with Crippen molar-refractivity contribution >= 4 is 35.0 Å². The molecule has 1 fully saturated rings. The zero-order chi connectivity index (χ0) is 17.6. The molecule has 0 saturated heterocycles. The van der Waals surface area contributed by atoms with Gasteiger partial charge in [0.1, 0.15) is 0 Å². The number of ether oxygens (including phenoxy) is 1. The first-order chi connectivity index (χ1) is 12.2. The standard InChI is InChI=1S/C19H21ClN2O2S/c1-24-18-12-14(9-10-21-18)22-19(23)13-7-8-16(20)17(11-13)25-15-5-3-2-4-6-15/h7-12,15H,2-6H2,1H3,(H,21,22,23). The zero-order valence-corrected chi connectivity index (χ0v) is 15.7. The monoisotopic (exact) mass is 376 g/mol. The fourth-order valence-corrected chi connectivity index (χ4v) is 4.45. The second-order valence-electron chi connectivity index (χ2n) is 6.06. The maximum Gasteiger partial charge on any atom is 0.255 e. The lowest BCUT2D eigenvalue weighted by molar-refractivity contribution is 0.102. The quantitative estimate of drug-likeness (QED) is 0.756. The number of benzene rings is 1. The summed E-state index contributed by atoms with van der Waals surface area (Å²) < 4.78 is 5.08. The van der Waals surface area contributed by atoms with Gasteiger partial charge in [-0.25, -0.2) is 4.98 Å². The van der Waals surface area contributed by atoms with Crippen LogP contribution in [0.4, 0.5) is 5.69 Å². The fraction of sp³-hybridized carbons (Fsp3) is 0.368. The van der Waals surface area contributed by atoms with E-state index in [1.807, 2.05) is 6.07 Å². The molecule has 0 aliphatic heterocycles. The van der Waals surface area contributed by atoms with Crippen LogP contribution in [0.2, 0.25) is 5.02 Å². The van der Waals surface area contributed by atoms with Crippen LogP contribution in [-0.4, -0.2) is 23.3 Å². The lowest BCUT2D eigenvalue weighted by atomic mass is 10.0. The Bertz CT molecular complexity index is 748. The summed E-state index contributed by atoms with van der Waals surface area (Å²) in [7, 11) is 1.54. The second-order valence-corrected chi connectivity index (χ2v) is 7.81. The Kier molecular flexibility index (Phi) is 6.21. The van der Waals surface area contributed by atoms with Crippen LogP contribution >= 0.6 is 23.4 Å². The highest BCUT2D eigenvalue weighted by molar-refractivity contribution is 8.00. The summed E-state index contributed by atoms with van der Waals surface area (Å²) in [6.07, 6.45) is 7.91. The van der Waals surface area contributed by atoms with Crippen molar-refractivity contribution in [2.75, 3.05) is 12.4 Å². The van der Waals surface area contributed by atoms with Crippen molar-refractivity contribution in [1.82, 2.24) is 4.98 Å². The number of nitrogens with zero attached hydrogens (tertiary/aromatic N) is 1. The predicted octanol–water partition coefficient (Wildman–Crippen LogP) is 5.42. The number of aromatic nitrogens is 1.